The molecule has 0 heterocycles. The van der Waals surface area contributed by atoms with Gasteiger partial charge in [-0.05, 0) is 48.7 Å². The van der Waals surface area contributed by atoms with E-state index in [1.807, 2.05) is 37.3 Å². The van der Waals surface area contributed by atoms with Crippen molar-refractivity contribution in [1.82, 2.24) is 0 Å². The van der Waals surface area contributed by atoms with Gasteiger partial charge in [-0.3, -0.25) is 0 Å². The first-order valence-electron chi connectivity index (χ1n) is 6.85. The number of ether oxygens (including phenoxy) is 2. The lowest BCUT2D eigenvalue weighted by molar-refractivity contribution is 0.318. The highest BCUT2D eigenvalue weighted by Gasteiger charge is 2.01. The van der Waals surface area contributed by atoms with Crippen molar-refractivity contribution in [2.45, 2.75) is 13.3 Å². The molecule has 0 bridgehead atoms. The summed E-state index contributed by atoms with van der Waals surface area (Å²) >= 11 is 5.64. The van der Waals surface area contributed by atoms with Gasteiger partial charge in [0.05, 0.1) is 13.2 Å². The van der Waals surface area contributed by atoms with Crippen molar-refractivity contribution in [2.24, 2.45) is 0 Å². The van der Waals surface area contributed by atoms with Crippen molar-refractivity contribution in [3.05, 3.63) is 48.5 Å². The highest BCUT2D eigenvalue weighted by Crippen LogP contribution is 2.25. The number of halogens is 1. The maximum absolute atomic E-state index is 5.66. The summed E-state index contributed by atoms with van der Waals surface area (Å²) in [7, 11) is 0. The Labute approximate surface area is 125 Å². The molecule has 0 aliphatic heterocycles. The average Bonchev–Trinajstić information content (AvgIpc) is 2.49. The second-order valence-electron chi connectivity index (χ2n) is 4.38. The van der Waals surface area contributed by atoms with Gasteiger partial charge >= 0.3 is 0 Å². The lowest BCUT2D eigenvalue weighted by Crippen LogP contribution is -1.97. The molecule has 2 nitrogen and oxygen atoms in total. The Morgan fingerprint density at radius 2 is 1.70 bits per heavy atom. The van der Waals surface area contributed by atoms with Crippen molar-refractivity contribution in [1.29, 1.82) is 0 Å². The second kappa shape index (κ2) is 7.81. The van der Waals surface area contributed by atoms with Crippen LogP contribution in [-0.2, 0) is 0 Å². The van der Waals surface area contributed by atoms with Crippen molar-refractivity contribution in [2.75, 3.05) is 19.1 Å². The van der Waals surface area contributed by atoms with Crippen LogP contribution in [0.3, 0.4) is 0 Å². The van der Waals surface area contributed by atoms with Crippen LogP contribution in [0.15, 0.2) is 48.5 Å². The normalized spacial score (nSPS) is 10.3. The molecule has 2 rings (SSSR count). The molecule has 20 heavy (non-hydrogen) atoms. The van der Waals surface area contributed by atoms with Gasteiger partial charge in [-0.15, -0.1) is 11.6 Å². The zero-order chi connectivity index (χ0) is 14.2. The molecule has 106 valence electrons. The van der Waals surface area contributed by atoms with E-state index in [-0.39, 0.29) is 0 Å². The van der Waals surface area contributed by atoms with E-state index in [0.29, 0.717) is 19.1 Å². The molecule has 2 aromatic rings. The minimum atomic E-state index is 0.624. The lowest BCUT2D eigenvalue weighted by Gasteiger charge is -2.08. The zero-order valence-electron chi connectivity index (χ0n) is 11.6. The fourth-order valence-electron chi connectivity index (χ4n) is 1.92. The molecule has 0 saturated carbocycles. The van der Waals surface area contributed by atoms with Crippen LogP contribution in [0.25, 0.3) is 11.1 Å². The minimum absolute atomic E-state index is 0.624. The molecule has 0 fully saturated rings. The standard InChI is InChI=1S/C17H19ClO2/c1-2-19-16-9-7-14(8-10-16)15-5-3-6-17(13-15)20-12-4-11-18/h3,5-10,13H,2,4,11-12H2,1H3. The maximum Gasteiger partial charge on any atom is 0.119 e. The molecular weight excluding hydrogens is 272 g/mol. The molecule has 0 unspecified atom stereocenters. The van der Waals surface area contributed by atoms with Gasteiger partial charge in [0.25, 0.3) is 0 Å². The summed E-state index contributed by atoms with van der Waals surface area (Å²) in [5, 5.41) is 0. The molecule has 0 atom stereocenters. The van der Waals surface area contributed by atoms with E-state index in [1.165, 1.54) is 0 Å². The van der Waals surface area contributed by atoms with E-state index in [0.717, 1.165) is 29.0 Å². The number of hydrogen-bond acceptors (Lipinski definition) is 2. The summed E-state index contributed by atoms with van der Waals surface area (Å²) in [5.74, 6) is 2.39. The van der Waals surface area contributed by atoms with Crippen LogP contribution in [0.4, 0.5) is 0 Å². The van der Waals surface area contributed by atoms with Crippen molar-refractivity contribution < 1.29 is 9.47 Å². The van der Waals surface area contributed by atoms with Gasteiger partial charge in [0.1, 0.15) is 11.5 Å². The fourth-order valence-corrected chi connectivity index (χ4v) is 2.03. The molecule has 0 saturated heterocycles. The van der Waals surface area contributed by atoms with Crippen LogP contribution in [0.1, 0.15) is 13.3 Å². The number of benzene rings is 2. The summed E-state index contributed by atoms with van der Waals surface area (Å²) in [6, 6.07) is 16.2. The quantitative estimate of drug-likeness (QED) is 0.541. The first-order chi connectivity index (χ1) is 9.83. The SMILES string of the molecule is CCOc1ccc(-c2cccc(OCCCCl)c2)cc1. The molecule has 0 radical (unpaired) electrons. The fraction of sp³-hybridized carbons (Fsp3) is 0.294. The Morgan fingerprint density at radius 1 is 0.900 bits per heavy atom. The first-order valence-corrected chi connectivity index (χ1v) is 7.39. The Bertz CT molecular complexity index is 523. The zero-order valence-corrected chi connectivity index (χ0v) is 12.4. The van der Waals surface area contributed by atoms with Gasteiger partial charge in [0.2, 0.25) is 0 Å². The van der Waals surface area contributed by atoms with E-state index < -0.39 is 0 Å². The molecule has 0 N–H and O–H groups in total. The smallest absolute Gasteiger partial charge is 0.119 e. The third-order valence-electron chi connectivity index (χ3n) is 2.88. The third-order valence-corrected chi connectivity index (χ3v) is 3.15. The van der Waals surface area contributed by atoms with Gasteiger partial charge in [-0.1, -0.05) is 24.3 Å². The highest BCUT2D eigenvalue weighted by atomic mass is 35.5. The summed E-state index contributed by atoms with van der Waals surface area (Å²) in [4.78, 5) is 0. The third kappa shape index (κ3) is 4.17. The summed E-state index contributed by atoms with van der Waals surface area (Å²) in [6.45, 7) is 3.31. The first kappa shape index (κ1) is 14.7. The van der Waals surface area contributed by atoms with Crippen molar-refractivity contribution in [3.63, 3.8) is 0 Å². The molecule has 0 aliphatic rings. The van der Waals surface area contributed by atoms with Crippen LogP contribution in [0.2, 0.25) is 0 Å². The number of rotatable bonds is 7. The van der Waals surface area contributed by atoms with Crippen molar-refractivity contribution >= 4 is 11.6 Å². The van der Waals surface area contributed by atoms with E-state index in [2.05, 4.69) is 18.2 Å². The van der Waals surface area contributed by atoms with Gasteiger partial charge in [-0.25, -0.2) is 0 Å². The van der Waals surface area contributed by atoms with Crippen LogP contribution >= 0.6 is 11.6 Å². The van der Waals surface area contributed by atoms with Crippen LogP contribution < -0.4 is 9.47 Å². The molecular formula is C17H19ClO2. The molecule has 2 aromatic carbocycles. The lowest BCUT2D eigenvalue weighted by atomic mass is 10.1. The van der Waals surface area contributed by atoms with Gasteiger partial charge in [0.15, 0.2) is 0 Å². The van der Waals surface area contributed by atoms with E-state index in [9.17, 15) is 0 Å². The van der Waals surface area contributed by atoms with Gasteiger partial charge in [0, 0.05) is 5.88 Å². The van der Waals surface area contributed by atoms with Crippen molar-refractivity contribution in [3.8, 4) is 22.6 Å². The summed E-state index contributed by atoms with van der Waals surface area (Å²) in [5.41, 5.74) is 2.28. The van der Waals surface area contributed by atoms with Gasteiger partial charge < -0.3 is 9.47 Å². The second-order valence-corrected chi connectivity index (χ2v) is 4.75. The van der Waals surface area contributed by atoms with Crippen LogP contribution in [-0.4, -0.2) is 19.1 Å². The number of hydrogen-bond donors (Lipinski definition) is 0. The predicted molar refractivity (Wildman–Crippen MR) is 83.9 cm³/mol. The Kier molecular flexibility index (Phi) is 5.75. The minimum Gasteiger partial charge on any atom is -0.494 e. The van der Waals surface area contributed by atoms with Crippen LogP contribution in [0.5, 0.6) is 11.5 Å². The van der Waals surface area contributed by atoms with Crippen LogP contribution in [0, 0.1) is 0 Å². The molecule has 3 heteroatoms. The Morgan fingerprint density at radius 3 is 2.40 bits per heavy atom. The van der Waals surface area contributed by atoms with Gasteiger partial charge in [-0.2, -0.15) is 0 Å². The Balaban J connectivity index is 2.09. The van der Waals surface area contributed by atoms with E-state index in [1.54, 1.807) is 0 Å². The summed E-state index contributed by atoms with van der Waals surface area (Å²) in [6.07, 6.45) is 0.856. The summed E-state index contributed by atoms with van der Waals surface area (Å²) < 4.78 is 11.1. The highest BCUT2D eigenvalue weighted by molar-refractivity contribution is 6.17. The Hall–Kier alpha value is -1.67. The molecule has 0 aliphatic carbocycles. The topological polar surface area (TPSA) is 18.5 Å². The number of alkyl halides is 1. The maximum atomic E-state index is 5.66. The van der Waals surface area contributed by atoms with E-state index in [4.69, 9.17) is 21.1 Å². The molecule has 0 amide bonds. The molecule has 0 aromatic heterocycles. The molecule has 0 spiro atoms. The average molecular weight is 291 g/mol. The largest absolute Gasteiger partial charge is 0.494 e. The predicted octanol–water partition coefficient (Wildman–Crippen LogP) is 4.76. The monoisotopic (exact) mass is 290 g/mol. The van der Waals surface area contributed by atoms with E-state index >= 15 is 0 Å².